The number of hydrogen-bond acceptors (Lipinski definition) is 3. The molecule has 0 unspecified atom stereocenters. The lowest BCUT2D eigenvalue weighted by atomic mass is 10.1. The second kappa shape index (κ2) is 5.35. The molecule has 1 aromatic heterocycles. The summed E-state index contributed by atoms with van der Waals surface area (Å²) >= 11 is 3.36. The second-order valence-corrected chi connectivity index (χ2v) is 5.07. The summed E-state index contributed by atoms with van der Waals surface area (Å²) in [5.41, 5.74) is 0.952. The molecular formula is C11H14BrN3O2. The molecule has 2 heterocycles. The van der Waals surface area contributed by atoms with E-state index in [1.807, 2.05) is 6.07 Å². The van der Waals surface area contributed by atoms with Gasteiger partial charge in [-0.05, 0) is 34.3 Å². The van der Waals surface area contributed by atoms with Crippen LogP contribution in [0.3, 0.4) is 0 Å². The summed E-state index contributed by atoms with van der Waals surface area (Å²) in [6.45, 7) is 2.03. The molecule has 0 spiro atoms. The Kier molecular flexibility index (Phi) is 3.83. The highest BCUT2D eigenvalue weighted by molar-refractivity contribution is 9.10. The van der Waals surface area contributed by atoms with Gasteiger partial charge in [0.15, 0.2) is 0 Å². The standard InChI is InChI=1S/C11H14BrN3O2/c12-9-3-10(6-13-5-9)14-4-8-1-2-15(7-8)11(16)17/h3,5-6,8,14H,1-2,4,7H2,(H,16,17)/t8-/m1/s1. The van der Waals surface area contributed by atoms with Crippen molar-refractivity contribution in [2.75, 3.05) is 25.0 Å². The molecule has 1 fully saturated rings. The molecule has 0 aliphatic carbocycles. The number of carboxylic acid groups (broad SMARTS) is 1. The number of pyridine rings is 1. The largest absolute Gasteiger partial charge is 0.465 e. The van der Waals surface area contributed by atoms with Gasteiger partial charge in [-0.25, -0.2) is 4.79 Å². The van der Waals surface area contributed by atoms with Crippen LogP contribution in [0.4, 0.5) is 10.5 Å². The van der Waals surface area contributed by atoms with E-state index in [0.717, 1.165) is 23.1 Å². The Balaban J connectivity index is 1.82. The first-order valence-electron chi connectivity index (χ1n) is 5.47. The van der Waals surface area contributed by atoms with Gasteiger partial charge in [-0.2, -0.15) is 0 Å². The molecule has 1 saturated heterocycles. The van der Waals surface area contributed by atoms with Crippen molar-refractivity contribution in [2.24, 2.45) is 5.92 Å². The SMILES string of the molecule is O=C(O)N1CC[C@H](CNc2cncc(Br)c2)C1. The third-order valence-electron chi connectivity index (χ3n) is 2.86. The molecule has 2 N–H and O–H groups in total. The van der Waals surface area contributed by atoms with Gasteiger partial charge in [0.05, 0.1) is 11.9 Å². The third kappa shape index (κ3) is 3.33. The highest BCUT2D eigenvalue weighted by Crippen LogP contribution is 2.18. The van der Waals surface area contributed by atoms with Crippen molar-refractivity contribution in [3.05, 3.63) is 22.9 Å². The highest BCUT2D eigenvalue weighted by atomic mass is 79.9. The van der Waals surface area contributed by atoms with Crippen molar-refractivity contribution in [2.45, 2.75) is 6.42 Å². The lowest BCUT2D eigenvalue weighted by molar-refractivity contribution is 0.154. The van der Waals surface area contributed by atoms with Crippen molar-refractivity contribution in [3.8, 4) is 0 Å². The van der Waals surface area contributed by atoms with E-state index in [2.05, 4.69) is 26.2 Å². The van der Waals surface area contributed by atoms with Gasteiger partial charge in [0.2, 0.25) is 0 Å². The van der Waals surface area contributed by atoms with E-state index in [1.165, 1.54) is 4.90 Å². The van der Waals surface area contributed by atoms with Crippen LogP contribution in [0.15, 0.2) is 22.9 Å². The summed E-state index contributed by atoms with van der Waals surface area (Å²) in [6.07, 6.45) is 3.58. The number of carbonyl (C=O) groups is 1. The first kappa shape index (κ1) is 12.2. The molecule has 92 valence electrons. The summed E-state index contributed by atoms with van der Waals surface area (Å²) in [7, 11) is 0. The summed E-state index contributed by atoms with van der Waals surface area (Å²) in [4.78, 5) is 16.3. The summed E-state index contributed by atoms with van der Waals surface area (Å²) in [5.74, 6) is 0.380. The number of likely N-dealkylation sites (tertiary alicyclic amines) is 1. The zero-order chi connectivity index (χ0) is 12.3. The second-order valence-electron chi connectivity index (χ2n) is 4.16. The van der Waals surface area contributed by atoms with Crippen LogP contribution in [0.5, 0.6) is 0 Å². The highest BCUT2D eigenvalue weighted by Gasteiger charge is 2.25. The normalized spacial score (nSPS) is 19.4. The minimum Gasteiger partial charge on any atom is -0.465 e. The molecule has 1 atom stereocenters. The van der Waals surface area contributed by atoms with Crippen LogP contribution in [0, 0.1) is 5.92 Å². The van der Waals surface area contributed by atoms with E-state index in [1.54, 1.807) is 12.4 Å². The topological polar surface area (TPSA) is 65.5 Å². The maximum Gasteiger partial charge on any atom is 0.407 e. The van der Waals surface area contributed by atoms with Gasteiger partial charge in [0, 0.05) is 30.3 Å². The van der Waals surface area contributed by atoms with Gasteiger partial charge in [-0.3, -0.25) is 4.98 Å². The quantitative estimate of drug-likeness (QED) is 0.898. The molecule has 0 saturated carbocycles. The van der Waals surface area contributed by atoms with Gasteiger partial charge in [-0.15, -0.1) is 0 Å². The molecule has 1 aliphatic heterocycles. The van der Waals surface area contributed by atoms with E-state index < -0.39 is 6.09 Å². The Labute approximate surface area is 108 Å². The minimum atomic E-state index is -0.823. The fraction of sp³-hybridized carbons (Fsp3) is 0.455. The zero-order valence-electron chi connectivity index (χ0n) is 9.27. The van der Waals surface area contributed by atoms with Crippen molar-refractivity contribution < 1.29 is 9.90 Å². The van der Waals surface area contributed by atoms with Gasteiger partial charge in [0.1, 0.15) is 0 Å². The Morgan fingerprint density at radius 1 is 1.65 bits per heavy atom. The molecule has 0 bridgehead atoms. The van der Waals surface area contributed by atoms with Crippen LogP contribution in [0.1, 0.15) is 6.42 Å². The number of rotatable bonds is 3. The Hall–Kier alpha value is -1.30. The molecule has 5 nitrogen and oxygen atoms in total. The van der Waals surface area contributed by atoms with E-state index in [4.69, 9.17) is 5.11 Å². The fourth-order valence-corrected chi connectivity index (χ4v) is 2.31. The first-order valence-corrected chi connectivity index (χ1v) is 6.27. The zero-order valence-corrected chi connectivity index (χ0v) is 10.9. The predicted molar refractivity (Wildman–Crippen MR) is 68.1 cm³/mol. The first-order chi connectivity index (χ1) is 8.15. The van der Waals surface area contributed by atoms with Gasteiger partial charge in [0.25, 0.3) is 0 Å². The van der Waals surface area contributed by atoms with E-state index in [-0.39, 0.29) is 0 Å². The molecular weight excluding hydrogens is 286 g/mol. The molecule has 1 aliphatic rings. The lowest BCUT2D eigenvalue weighted by Gasteiger charge is -2.13. The van der Waals surface area contributed by atoms with Crippen LogP contribution in [0.25, 0.3) is 0 Å². The van der Waals surface area contributed by atoms with Crippen LogP contribution in [-0.4, -0.2) is 40.7 Å². The molecule has 1 aromatic rings. The van der Waals surface area contributed by atoms with Crippen LogP contribution >= 0.6 is 15.9 Å². The Morgan fingerprint density at radius 3 is 3.12 bits per heavy atom. The van der Waals surface area contributed by atoms with E-state index in [9.17, 15) is 4.79 Å². The maximum absolute atomic E-state index is 10.8. The molecule has 1 amide bonds. The van der Waals surface area contributed by atoms with Crippen LogP contribution in [-0.2, 0) is 0 Å². The number of nitrogens with zero attached hydrogens (tertiary/aromatic N) is 2. The average molecular weight is 300 g/mol. The summed E-state index contributed by atoms with van der Waals surface area (Å²) < 4.78 is 0.932. The third-order valence-corrected chi connectivity index (χ3v) is 3.29. The molecule has 2 rings (SSSR count). The molecule has 17 heavy (non-hydrogen) atoms. The minimum absolute atomic E-state index is 0.380. The van der Waals surface area contributed by atoms with Crippen LogP contribution in [0.2, 0.25) is 0 Å². The Morgan fingerprint density at radius 2 is 2.47 bits per heavy atom. The van der Waals surface area contributed by atoms with Crippen molar-refractivity contribution in [1.82, 2.24) is 9.88 Å². The number of nitrogens with one attached hydrogen (secondary N) is 1. The molecule has 0 radical (unpaired) electrons. The van der Waals surface area contributed by atoms with Gasteiger partial charge >= 0.3 is 6.09 Å². The summed E-state index contributed by atoms with van der Waals surface area (Å²) in [5, 5.41) is 12.1. The lowest BCUT2D eigenvalue weighted by Crippen LogP contribution is -2.27. The Bertz CT molecular complexity index is 413. The molecule has 0 aromatic carbocycles. The number of halogens is 1. The van der Waals surface area contributed by atoms with Crippen LogP contribution < -0.4 is 5.32 Å². The number of aromatic nitrogens is 1. The number of anilines is 1. The monoisotopic (exact) mass is 299 g/mol. The van der Waals surface area contributed by atoms with E-state index >= 15 is 0 Å². The summed E-state index contributed by atoms with van der Waals surface area (Å²) in [6, 6.07) is 1.96. The van der Waals surface area contributed by atoms with Crippen molar-refractivity contribution >= 4 is 27.7 Å². The maximum atomic E-state index is 10.8. The van der Waals surface area contributed by atoms with Gasteiger partial charge < -0.3 is 15.3 Å². The predicted octanol–water partition coefficient (Wildman–Crippen LogP) is 2.26. The van der Waals surface area contributed by atoms with Crippen molar-refractivity contribution in [1.29, 1.82) is 0 Å². The number of hydrogen-bond donors (Lipinski definition) is 2. The smallest absolute Gasteiger partial charge is 0.407 e. The van der Waals surface area contributed by atoms with Crippen molar-refractivity contribution in [3.63, 3.8) is 0 Å². The van der Waals surface area contributed by atoms with E-state index in [0.29, 0.717) is 19.0 Å². The molecule has 6 heteroatoms. The van der Waals surface area contributed by atoms with Gasteiger partial charge in [-0.1, -0.05) is 0 Å². The average Bonchev–Trinajstić information content (AvgIpc) is 2.75. The number of amides is 1. The fourth-order valence-electron chi connectivity index (χ4n) is 1.94.